The maximum atomic E-state index is 12.6. The number of nitrogens with one attached hydrogen (secondary N) is 3. The lowest BCUT2D eigenvalue weighted by atomic mass is 9.95. The highest BCUT2D eigenvalue weighted by Crippen LogP contribution is 2.30. The van der Waals surface area contributed by atoms with Gasteiger partial charge in [-0.2, -0.15) is 0 Å². The predicted molar refractivity (Wildman–Crippen MR) is 111 cm³/mol. The van der Waals surface area contributed by atoms with Crippen molar-refractivity contribution in [3.8, 4) is 5.75 Å². The summed E-state index contributed by atoms with van der Waals surface area (Å²) in [5, 5.41) is 9.12. The normalized spacial score (nSPS) is 16.4. The van der Waals surface area contributed by atoms with Crippen LogP contribution in [-0.2, 0) is 11.3 Å². The summed E-state index contributed by atoms with van der Waals surface area (Å²) in [6, 6.07) is 12.7. The maximum absolute atomic E-state index is 12.6. The lowest BCUT2D eigenvalue weighted by Gasteiger charge is -2.30. The number of hydrogen-bond acceptors (Lipinski definition) is 4. The van der Waals surface area contributed by atoms with E-state index in [4.69, 9.17) is 4.74 Å². The number of hydrogen-bond donors (Lipinski definition) is 3. The van der Waals surface area contributed by atoms with Crippen LogP contribution in [0.3, 0.4) is 0 Å². The molecule has 0 fully saturated rings. The molecular weight excluding hydrogens is 354 g/mol. The Morgan fingerprint density at radius 1 is 1.18 bits per heavy atom. The van der Waals surface area contributed by atoms with Crippen LogP contribution in [0.2, 0.25) is 0 Å². The quantitative estimate of drug-likeness (QED) is 0.682. The molecule has 2 atom stereocenters. The predicted octanol–water partition coefficient (Wildman–Crippen LogP) is 3.79. The summed E-state index contributed by atoms with van der Waals surface area (Å²) in [5.74, 6) is 0.724. The minimum atomic E-state index is -0.257. The van der Waals surface area contributed by atoms with Crippen molar-refractivity contribution in [3.05, 3.63) is 53.6 Å². The van der Waals surface area contributed by atoms with Crippen molar-refractivity contribution >= 4 is 23.2 Å². The average molecular weight is 381 g/mol. The van der Waals surface area contributed by atoms with E-state index in [0.717, 1.165) is 23.4 Å². The fourth-order valence-electron chi connectivity index (χ4n) is 3.22. The summed E-state index contributed by atoms with van der Waals surface area (Å²) in [7, 11) is 0. The first-order chi connectivity index (χ1) is 13.5. The van der Waals surface area contributed by atoms with Crippen LogP contribution < -0.4 is 20.7 Å². The fourth-order valence-corrected chi connectivity index (χ4v) is 3.22. The number of anilines is 2. The molecule has 6 heteroatoms. The molecule has 0 unspecified atom stereocenters. The summed E-state index contributed by atoms with van der Waals surface area (Å²) >= 11 is 0. The Bertz CT molecular complexity index is 866. The number of amides is 2. The number of benzene rings is 2. The third-order valence-electron chi connectivity index (χ3n) is 5.06. The zero-order valence-electron chi connectivity index (χ0n) is 16.5. The SMILES string of the molecule is CCOc1ccccc1CNC(=O)c1ccc2c(c1)NC(=O)[C@H]([C@H](C)CC)N2. The lowest BCUT2D eigenvalue weighted by molar-refractivity contribution is -0.118. The third kappa shape index (κ3) is 4.27. The van der Waals surface area contributed by atoms with Crippen LogP contribution in [0.5, 0.6) is 5.75 Å². The second-order valence-corrected chi connectivity index (χ2v) is 6.98. The van der Waals surface area contributed by atoms with Gasteiger partial charge in [-0.05, 0) is 37.1 Å². The number of carbonyl (C=O) groups is 2. The molecule has 0 spiro atoms. The van der Waals surface area contributed by atoms with Crippen LogP contribution in [-0.4, -0.2) is 24.5 Å². The van der Waals surface area contributed by atoms with Gasteiger partial charge in [0.1, 0.15) is 11.8 Å². The van der Waals surface area contributed by atoms with E-state index in [1.165, 1.54) is 0 Å². The van der Waals surface area contributed by atoms with Crippen molar-refractivity contribution in [2.24, 2.45) is 5.92 Å². The first-order valence-corrected chi connectivity index (χ1v) is 9.73. The smallest absolute Gasteiger partial charge is 0.251 e. The Kier molecular flexibility index (Phi) is 6.19. The van der Waals surface area contributed by atoms with E-state index >= 15 is 0 Å². The molecule has 1 aliphatic rings. The largest absolute Gasteiger partial charge is 0.494 e. The third-order valence-corrected chi connectivity index (χ3v) is 5.06. The minimum absolute atomic E-state index is 0.0648. The Hall–Kier alpha value is -3.02. The van der Waals surface area contributed by atoms with Gasteiger partial charge >= 0.3 is 0 Å². The number of carbonyl (C=O) groups excluding carboxylic acids is 2. The molecule has 28 heavy (non-hydrogen) atoms. The molecule has 0 radical (unpaired) electrons. The van der Waals surface area contributed by atoms with Crippen molar-refractivity contribution in [2.75, 3.05) is 17.2 Å². The average Bonchev–Trinajstić information content (AvgIpc) is 2.71. The molecule has 0 aliphatic carbocycles. The second kappa shape index (κ2) is 8.78. The Morgan fingerprint density at radius 2 is 1.96 bits per heavy atom. The Labute approximate surface area is 165 Å². The van der Waals surface area contributed by atoms with E-state index in [1.54, 1.807) is 12.1 Å². The highest BCUT2D eigenvalue weighted by molar-refractivity contribution is 6.05. The standard InChI is InChI=1S/C22H27N3O3/c1-4-14(3)20-22(27)25-18-12-15(10-11-17(18)24-20)21(26)23-13-16-8-6-7-9-19(16)28-5-2/h6-12,14,20,24H,4-5,13H2,1-3H3,(H,23,26)(H,25,27)/t14-,20+/m1/s1. The van der Waals surface area contributed by atoms with Crippen LogP contribution in [0.25, 0.3) is 0 Å². The molecule has 2 amide bonds. The summed E-state index contributed by atoms with van der Waals surface area (Å²) in [6.45, 7) is 6.97. The molecule has 0 aromatic heterocycles. The van der Waals surface area contributed by atoms with Crippen molar-refractivity contribution in [1.82, 2.24) is 5.32 Å². The molecule has 0 saturated carbocycles. The lowest BCUT2D eigenvalue weighted by Crippen LogP contribution is -2.43. The van der Waals surface area contributed by atoms with Gasteiger partial charge in [0.05, 0.1) is 18.0 Å². The van der Waals surface area contributed by atoms with Gasteiger partial charge in [-0.3, -0.25) is 9.59 Å². The Balaban J connectivity index is 1.70. The van der Waals surface area contributed by atoms with E-state index < -0.39 is 0 Å². The van der Waals surface area contributed by atoms with Gasteiger partial charge in [-0.25, -0.2) is 0 Å². The van der Waals surface area contributed by atoms with Gasteiger partial charge in [0.15, 0.2) is 0 Å². The zero-order chi connectivity index (χ0) is 20.1. The van der Waals surface area contributed by atoms with E-state index in [9.17, 15) is 9.59 Å². The van der Waals surface area contributed by atoms with Crippen molar-refractivity contribution in [2.45, 2.75) is 39.8 Å². The van der Waals surface area contributed by atoms with Gasteiger partial charge < -0.3 is 20.7 Å². The summed E-state index contributed by atoms with van der Waals surface area (Å²) in [6.07, 6.45) is 0.907. The van der Waals surface area contributed by atoms with Gasteiger partial charge in [-0.1, -0.05) is 38.5 Å². The molecule has 1 aliphatic heterocycles. The first-order valence-electron chi connectivity index (χ1n) is 9.73. The highest BCUT2D eigenvalue weighted by Gasteiger charge is 2.29. The monoisotopic (exact) mass is 381 g/mol. The van der Waals surface area contributed by atoms with Gasteiger partial charge in [0.2, 0.25) is 5.91 Å². The number of para-hydroxylation sites is 1. The molecule has 1 heterocycles. The molecule has 0 saturated heterocycles. The minimum Gasteiger partial charge on any atom is -0.494 e. The number of ether oxygens (including phenoxy) is 1. The topological polar surface area (TPSA) is 79.5 Å². The van der Waals surface area contributed by atoms with Crippen LogP contribution in [0.15, 0.2) is 42.5 Å². The van der Waals surface area contributed by atoms with Gasteiger partial charge in [-0.15, -0.1) is 0 Å². The van der Waals surface area contributed by atoms with E-state index in [-0.39, 0.29) is 23.8 Å². The maximum Gasteiger partial charge on any atom is 0.251 e. The second-order valence-electron chi connectivity index (χ2n) is 6.98. The summed E-state index contributed by atoms with van der Waals surface area (Å²) in [4.78, 5) is 24.9. The molecule has 3 rings (SSSR count). The summed E-state index contributed by atoms with van der Waals surface area (Å²) < 4.78 is 5.59. The molecule has 2 aromatic rings. The molecule has 148 valence electrons. The highest BCUT2D eigenvalue weighted by atomic mass is 16.5. The molecule has 0 bridgehead atoms. The summed E-state index contributed by atoms with van der Waals surface area (Å²) in [5.41, 5.74) is 2.88. The molecule has 6 nitrogen and oxygen atoms in total. The first kappa shape index (κ1) is 19.7. The molecule has 2 aromatic carbocycles. The van der Waals surface area contributed by atoms with Gasteiger partial charge in [0.25, 0.3) is 5.91 Å². The van der Waals surface area contributed by atoms with Crippen LogP contribution in [0, 0.1) is 5.92 Å². The number of rotatable bonds is 7. The van der Waals surface area contributed by atoms with Crippen molar-refractivity contribution in [3.63, 3.8) is 0 Å². The van der Waals surface area contributed by atoms with Crippen LogP contribution >= 0.6 is 0 Å². The van der Waals surface area contributed by atoms with E-state index in [1.807, 2.05) is 44.2 Å². The molecular formula is C22H27N3O3. The van der Waals surface area contributed by atoms with Crippen molar-refractivity contribution in [1.29, 1.82) is 0 Å². The van der Waals surface area contributed by atoms with Gasteiger partial charge in [0, 0.05) is 17.7 Å². The van der Waals surface area contributed by atoms with E-state index in [0.29, 0.717) is 24.4 Å². The molecule has 3 N–H and O–H groups in total. The number of fused-ring (bicyclic) bond motifs is 1. The zero-order valence-corrected chi connectivity index (χ0v) is 16.5. The fraction of sp³-hybridized carbons (Fsp3) is 0.364. The van der Waals surface area contributed by atoms with Crippen LogP contribution in [0.1, 0.15) is 43.1 Å². The van der Waals surface area contributed by atoms with Crippen LogP contribution in [0.4, 0.5) is 11.4 Å². The van der Waals surface area contributed by atoms with Crippen molar-refractivity contribution < 1.29 is 14.3 Å². The Morgan fingerprint density at radius 3 is 2.71 bits per heavy atom. The van der Waals surface area contributed by atoms with E-state index in [2.05, 4.69) is 22.9 Å².